The summed E-state index contributed by atoms with van der Waals surface area (Å²) in [7, 11) is 0. The van der Waals surface area contributed by atoms with Crippen LogP contribution in [0.3, 0.4) is 0 Å². The molecule has 0 saturated carbocycles. The molecule has 0 atom stereocenters. The van der Waals surface area contributed by atoms with Crippen molar-refractivity contribution in [3.63, 3.8) is 0 Å². The molecule has 7 heteroatoms. The lowest BCUT2D eigenvalue weighted by Gasteiger charge is -2.45. The van der Waals surface area contributed by atoms with E-state index in [2.05, 4.69) is 235 Å². The third-order valence-electron chi connectivity index (χ3n) is 18.3. The molecule has 18 rings (SSSR count). The van der Waals surface area contributed by atoms with Crippen molar-refractivity contribution < 1.29 is 15.4 Å². The van der Waals surface area contributed by atoms with Crippen molar-refractivity contribution in [3.8, 4) is 44.8 Å². The highest BCUT2D eigenvalue weighted by atomic mass is 35.5. The average molecular weight is 1170 g/mol. The van der Waals surface area contributed by atoms with Gasteiger partial charge in [0.1, 0.15) is 5.58 Å². The first-order valence-electron chi connectivity index (χ1n) is 34.1. The second kappa shape index (κ2) is 19.6. The van der Waals surface area contributed by atoms with Crippen molar-refractivity contribution in [2.45, 2.75) is 26.2 Å². The fourth-order valence-corrected chi connectivity index (χ4v) is 14.5. The zero-order valence-corrected chi connectivity index (χ0v) is 49.4. The highest BCUT2D eigenvalue weighted by molar-refractivity contribution is 7.00. The number of anilines is 6. The molecule has 0 fully saturated rings. The smallest absolute Gasteiger partial charge is 0.252 e. The summed E-state index contributed by atoms with van der Waals surface area (Å²) in [5.74, 6) is 0. The molecule has 0 radical (unpaired) electrons. The normalized spacial score (nSPS) is 14.1. The predicted octanol–water partition coefficient (Wildman–Crippen LogP) is 20.8. The van der Waals surface area contributed by atoms with Crippen LogP contribution in [0.2, 0.25) is 5.02 Å². The molecular formula is C82H56BClN4O. The van der Waals surface area contributed by atoms with Crippen LogP contribution in [0.4, 0.5) is 34.1 Å². The van der Waals surface area contributed by atoms with E-state index in [1.165, 1.54) is 0 Å². The highest BCUT2D eigenvalue weighted by Crippen LogP contribution is 2.52. The lowest BCUT2D eigenvalue weighted by molar-refractivity contribution is 0.590. The molecular weight excluding hydrogens is 1100 g/mol. The standard InChI is InChI=1S/C82H56BClN4O/c1-82(2,3)55-47-77-79-78(48-55)88(74-36-20-32-64-63-31-19-30-59(80(63)89-81(64)74)54-38-44-73-66(46-54)62-29-15-18-35-71(62)85(73)57-25-11-6-12-26-57)76-50-58(86-69-33-16-13-27-60(69)61-28-14-17-34-70(61)86)40-42-68(76)83(79)67-41-39-56(84)49-75(67)87(77)72-43-37-53(51-21-7-4-8-22-51)45-65(72)52-23-9-5-10-24-52/h4-50H,1-3H3/i13D,14D,16D,17D,27D,28D,33D,34D. The molecule has 0 spiro atoms. The molecule has 0 bridgehead atoms. The van der Waals surface area contributed by atoms with Gasteiger partial charge in [0.2, 0.25) is 0 Å². The monoisotopic (exact) mass is 1170 g/mol. The van der Waals surface area contributed by atoms with Gasteiger partial charge in [-0.3, -0.25) is 0 Å². The van der Waals surface area contributed by atoms with Crippen LogP contribution in [0.1, 0.15) is 37.3 Å². The van der Waals surface area contributed by atoms with Crippen molar-refractivity contribution in [1.29, 1.82) is 0 Å². The first kappa shape index (κ1) is 43.8. The van der Waals surface area contributed by atoms with Crippen molar-refractivity contribution in [2.24, 2.45) is 0 Å². The number of furan rings is 1. The van der Waals surface area contributed by atoms with Gasteiger partial charge in [-0.2, -0.15) is 0 Å². The first-order chi connectivity index (χ1) is 47.0. The Bertz CT molecular complexity index is 6010. The summed E-state index contributed by atoms with van der Waals surface area (Å²) >= 11 is 7.28. The number of rotatable bonds is 7. The van der Waals surface area contributed by atoms with Crippen molar-refractivity contribution in [2.75, 3.05) is 9.80 Å². The van der Waals surface area contributed by atoms with Gasteiger partial charge in [0.25, 0.3) is 6.71 Å². The molecule has 0 N–H and O–H groups in total. The van der Waals surface area contributed by atoms with E-state index in [9.17, 15) is 5.48 Å². The maximum atomic E-state index is 9.61. The van der Waals surface area contributed by atoms with E-state index in [1.54, 1.807) is 4.57 Å². The molecule has 420 valence electrons. The summed E-state index contributed by atoms with van der Waals surface area (Å²) in [5.41, 5.74) is 19.8. The minimum absolute atomic E-state index is 0.00110. The largest absolute Gasteiger partial charge is 0.453 e. The lowest BCUT2D eigenvalue weighted by atomic mass is 9.33. The average Bonchev–Trinajstić information content (AvgIpc) is 1.63. The fourth-order valence-electron chi connectivity index (χ4n) is 14.3. The molecule has 3 aromatic heterocycles. The van der Waals surface area contributed by atoms with Gasteiger partial charge in [0, 0.05) is 82.6 Å². The van der Waals surface area contributed by atoms with Gasteiger partial charge in [-0.15, -0.1) is 0 Å². The number of para-hydroxylation sites is 6. The molecule has 16 aromatic rings. The van der Waals surface area contributed by atoms with Crippen molar-refractivity contribution >= 4 is 134 Å². The van der Waals surface area contributed by atoms with Crippen LogP contribution in [-0.2, 0) is 5.41 Å². The van der Waals surface area contributed by atoms with Gasteiger partial charge in [0.05, 0.1) is 44.4 Å². The molecule has 0 amide bonds. The molecule has 0 saturated heterocycles. The Kier molecular flexibility index (Phi) is 9.65. The van der Waals surface area contributed by atoms with E-state index in [-0.39, 0.29) is 33.9 Å². The first-order valence-corrected chi connectivity index (χ1v) is 30.4. The van der Waals surface area contributed by atoms with Crippen LogP contribution in [0, 0.1) is 0 Å². The van der Waals surface area contributed by atoms with E-state index < -0.39 is 48.4 Å². The maximum absolute atomic E-state index is 9.61. The van der Waals surface area contributed by atoms with Crippen LogP contribution in [0.5, 0.6) is 0 Å². The molecule has 13 aromatic carbocycles. The third-order valence-corrected chi connectivity index (χ3v) is 18.6. The number of fused-ring (bicyclic) bond motifs is 13. The summed E-state index contributed by atoms with van der Waals surface area (Å²) in [6.45, 7) is 6.24. The number of hydrogen-bond donors (Lipinski definition) is 0. The fraction of sp³-hybridized carbons (Fsp3) is 0.0488. The van der Waals surface area contributed by atoms with E-state index in [0.29, 0.717) is 27.6 Å². The number of hydrogen-bond acceptors (Lipinski definition) is 3. The third kappa shape index (κ3) is 7.83. The second-order valence-electron chi connectivity index (χ2n) is 24.3. The Morgan fingerprint density at radius 1 is 0.371 bits per heavy atom. The SMILES string of the molecule is [2H]c1c([2H])c([2H])c2c(c1[2H])c1c([2H])c([2H])c([2H])c([2H])c1n2-c1ccc2c(c1)N(c1cccc3c1oc1c(-c4ccc5c(c4)c4ccccc4n5-c4ccccc4)cccc13)c1cc(C(C)(C)C)cc3c1B2c1ccc(Cl)cc1N3c1ccc(-c2ccccc2)cc1-c1ccccc1. The summed E-state index contributed by atoms with van der Waals surface area (Å²) in [4.78, 5) is 4.67. The van der Waals surface area contributed by atoms with Crippen LogP contribution in [0.25, 0.3) is 110 Å². The molecule has 2 aliphatic rings. The van der Waals surface area contributed by atoms with Gasteiger partial charge in [-0.25, -0.2) is 0 Å². The number of benzene rings is 13. The minimum atomic E-state index is -0.505. The van der Waals surface area contributed by atoms with Gasteiger partial charge in [-0.1, -0.05) is 220 Å². The maximum Gasteiger partial charge on any atom is 0.252 e. The number of halogens is 1. The van der Waals surface area contributed by atoms with E-state index in [0.717, 1.165) is 122 Å². The topological polar surface area (TPSA) is 29.5 Å². The molecule has 89 heavy (non-hydrogen) atoms. The molecule has 0 unspecified atom stereocenters. The minimum Gasteiger partial charge on any atom is -0.453 e. The molecule has 2 aliphatic heterocycles. The quantitative estimate of drug-likeness (QED) is 0.149. The zero-order chi connectivity index (χ0) is 66.2. The Morgan fingerprint density at radius 3 is 1.69 bits per heavy atom. The van der Waals surface area contributed by atoms with Crippen LogP contribution < -0.4 is 26.2 Å². The molecule has 5 nitrogen and oxygen atoms in total. The molecule has 5 heterocycles. The van der Waals surface area contributed by atoms with Crippen molar-refractivity contribution in [3.05, 3.63) is 296 Å². The van der Waals surface area contributed by atoms with Crippen molar-refractivity contribution in [1.82, 2.24) is 9.13 Å². The predicted molar refractivity (Wildman–Crippen MR) is 376 cm³/mol. The van der Waals surface area contributed by atoms with Gasteiger partial charge >= 0.3 is 0 Å². The second-order valence-corrected chi connectivity index (χ2v) is 24.8. The Labute approximate surface area is 532 Å². The lowest BCUT2D eigenvalue weighted by Crippen LogP contribution is -2.61. The number of aromatic nitrogens is 2. The van der Waals surface area contributed by atoms with Gasteiger partial charge < -0.3 is 23.4 Å². The van der Waals surface area contributed by atoms with Crippen LogP contribution in [-0.4, -0.2) is 15.8 Å². The van der Waals surface area contributed by atoms with Gasteiger partial charge in [-0.05, 0) is 147 Å². The van der Waals surface area contributed by atoms with Gasteiger partial charge in [0.15, 0.2) is 5.58 Å². The van der Waals surface area contributed by atoms with Crippen LogP contribution >= 0.6 is 11.6 Å². The number of nitrogens with zero attached hydrogens (tertiary/aromatic N) is 4. The van der Waals surface area contributed by atoms with Crippen LogP contribution in [0.15, 0.2) is 289 Å². The van der Waals surface area contributed by atoms with E-state index in [1.807, 2.05) is 36.4 Å². The summed E-state index contributed by atoms with van der Waals surface area (Å²) < 4.78 is 85.4. The summed E-state index contributed by atoms with van der Waals surface area (Å²) in [5, 5.41) is 4.62. The van der Waals surface area contributed by atoms with E-state index in [4.69, 9.17) is 21.5 Å². The zero-order valence-electron chi connectivity index (χ0n) is 56.7. The summed E-state index contributed by atoms with van der Waals surface area (Å²) in [6, 6.07) is 79.2. The molecule has 0 aliphatic carbocycles. The highest BCUT2D eigenvalue weighted by Gasteiger charge is 2.45. The Balaban J connectivity index is 0.941. The van der Waals surface area contributed by atoms with E-state index >= 15 is 0 Å². The summed E-state index contributed by atoms with van der Waals surface area (Å²) in [6.07, 6.45) is 0. The Morgan fingerprint density at radius 2 is 0.955 bits per heavy atom. The Hall–Kier alpha value is -10.8.